The zero-order valence-corrected chi connectivity index (χ0v) is 9.11. The van der Waals surface area contributed by atoms with Gasteiger partial charge in [-0.15, -0.1) is 0 Å². The number of aldehydes is 1. The van der Waals surface area contributed by atoms with E-state index in [4.69, 9.17) is 0 Å². The lowest BCUT2D eigenvalue weighted by molar-refractivity contribution is 0.111. The third-order valence-electron chi connectivity index (χ3n) is 2.56. The summed E-state index contributed by atoms with van der Waals surface area (Å²) >= 11 is 0. The van der Waals surface area contributed by atoms with Crippen LogP contribution in [-0.4, -0.2) is 30.7 Å². The van der Waals surface area contributed by atoms with Crippen LogP contribution in [0.25, 0.3) is 16.8 Å². The molecule has 0 atom stereocenters. The van der Waals surface area contributed by atoms with Crippen molar-refractivity contribution in [2.75, 3.05) is 0 Å². The minimum atomic E-state index is 0.384. The molecule has 6 nitrogen and oxygen atoms in total. The first kappa shape index (κ1) is 9.71. The summed E-state index contributed by atoms with van der Waals surface area (Å²) in [7, 11) is 1.77. The number of carbonyl (C=O) groups excluding carboxylic acids is 1. The fourth-order valence-corrected chi connectivity index (χ4v) is 1.85. The molecule has 17 heavy (non-hydrogen) atoms. The topological polar surface area (TPSA) is 65.1 Å². The molecule has 0 aromatic carbocycles. The number of hydrogen-bond donors (Lipinski definition) is 0. The molecule has 0 spiro atoms. The summed E-state index contributed by atoms with van der Waals surface area (Å²) in [5.41, 5.74) is 2.66. The predicted molar refractivity (Wildman–Crippen MR) is 60.6 cm³/mol. The monoisotopic (exact) mass is 227 g/mol. The molecular weight excluding hydrogens is 218 g/mol. The molecule has 0 bridgehead atoms. The van der Waals surface area contributed by atoms with E-state index in [1.54, 1.807) is 22.4 Å². The molecule has 0 unspecified atom stereocenters. The lowest BCUT2D eigenvalue weighted by atomic mass is 10.2. The van der Waals surface area contributed by atoms with Gasteiger partial charge < -0.3 is 0 Å². The van der Waals surface area contributed by atoms with Crippen LogP contribution in [0.5, 0.6) is 0 Å². The summed E-state index contributed by atoms with van der Waals surface area (Å²) in [6.07, 6.45) is 5.80. The summed E-state index contributed by atoms with van der Waals surface area (Å²) in [5, 5.41) is 8.16. The average Bonchev–Trinajstić information content (AvgIpc) is 2.93. The number of carbonyl (C=O) groups is 1. The Morgan fingerprint density at radius 2 is 2.29 bits per heavy atom. The van der Waals surface area contributed by atoms with Crippen LogP contribution in [0, 0.1) is 0 Å². The first-order chi connectivity index (χ1) is 8.29. The predicted octanol–water partition coefficient (Wildman–Crippen LogP) is 0.942. The van der Waals surface area contributed by atoms with E-state index in [1.807, 2.05) is 18.3 Å². The highest BCUT2D eigenvalue weighted by Gasteiger charge is 2.13. The highest BCUT2D eigenvalue weighted by molar-refractivity contribution is 5.88. The number of rotatable bonds is 2. The van der Waals surface area contributed by atoms with E-state index < -0.39 is 0 Å². The smallest absolute Gasteiger partial charge is 0.171 e. The van der Waals surface area contributed by atoms with Crippen molar-refractivity contribution in [3.8, 4) is 11.3 Å². The molecule has 3 aromatic rings. The zero-order chi connectivity index (χ0) is 11.8. The van der Waals surface area contributed by atoms with E-state index >= 15 is 0 Å². The molecule has 3 heterocycles. The van der Waals surface area contributed by atoms with Crippen LogP contribution in [0.1, 0.15) is 10.5 Å². The molecule has 0 aliphatic rings. The summed E-state index contributed by atoms with van der Waals surface area (Å²) in [4.78, 5) is 15.2. The highest BCUT2D eigenvalue weighted by Crippen LogP contribution is 2.23. The maximum absolute atomic E-state index is 11.0. The van der Waals surface area contributed by atoms with Crippen molar-refractivity contribution in [1.82, 2.24) is 24.4 Å². The number of aryl methyl sites for hydroxylation is 1. The summed E-state index contributed by atoms with van der Waals surface area (Å²) < 4.78 is 3.31. The Morgan fingerprint density at radius 3 is 3.12 bits per heavy atom. The van der Waals surface area contributed by atoms with Crippen molar-refractivity contribution in [3.05, 3.63) is 36.5 Å². The second kappa shape index (κ2) is 3.51. The standard InChI is InChI=1S/C11H9N5O/c1-15-5-8(9(6-17)14-15)11-10-3-2-4-16(10)13-7-12-11/h2-7H,1H3. The molecule has 0 aliphatic carbocycles. The maximum Gasteiger partial charge on any atom is 0.171 e. The van der Waals surface area contributed by atoms with Crippen LogP contribution in [0.3, 0.4) is 0 Å². The lowest BCUT2D eigenvalue weighted by Crippen LogP contribution is -1.95. The Kier molecular flexibility index (Phi) is 2.01. The van der Waals surface area contributed by atoms with Crippen molar-refractivity contribution < 1.29 is 4.79 Å². The van der Waals surface area contributed by atoms with Gasteiger partial charge in [0.2, 0.25) is 0 Å². The Labute approximate surface area is 96.5 Å². The van der Waals surface area contributed by atoms with Crippen LogP contribution in [0.4, 0.5) is 0 Å². The lowest BCUT2D eigenvalue weighted by Gasteiger charge is -2.00. The van der Waals surface area contributed by atoms with Crippen molar-refractivity contribution in [2.24, 2.45) is 7.05 Å². The van der Waals surface area contributed by atoms with Crippen molar-refractivity contribution in [3.63, 3.8) is 0 Å². The summed E-state index contributed by atoms with van der Waals surface area (Å²) in [6, 6.07) is 3.78. The van der Waals surface area contributed by atoms with Gasteiger partial charge in [-0.1, -0.05) is 0 Å². The molecule has 0 saturated carbocycles. The van der Waals surface area contributed by atoms with Gasteiger partial charge in [0.15, 0.2) is 6.29 Å². The zero-order valence-electron chi connectivity index (χ0n) is 9.11. The van der Waals surface area contributed by atoms with Crippen molar-refractivity contribution in [1.29, 1.82) is 0 Å². The van der Waals surface area contributed by atoms with Gasteiger partial charge >= 0.3 is 0 Å². The molecular formula is C11H9N5O. The van der Waals surface area contributed by atoms with Gasteiger partial charge in [0.25, 0.3) is 0 Å². The SMILES string of the molecule is Cn1cc(-c2ncnn3cccc23)c(C=O)n1. The molecule has 0 N–H and O–H groups in total. The van der Waals surface area contributed by atoms with Crippen molar-refractivity contribution in [2.45, 2.75) is 0 Å². The van der Waals surface area contributed by atoms with Crippen molar-refractivity contribution >= 4 is 11.8 Å². The summed E-state index contributed by atoms with van der Waals surface area (Å²) in [6.45, 7) is 0. The van der Waals surface area contributed by atoms with Gasteiger partial charge in [0, 0.05) is 19.4 Å². The number of hydrogen-bond acceptors (Lipinski definition) is 4. The van der Waals surface area contributed by atoms with Gasteiger partial charge in [0.1, 0.15) is 17.7 Å². The second-order valence-electron chi connectivity index (χ2n) is 3.67. The van der Waals surface area contributed by atoms with Gasteiger partial charge in [-0.3, -0.25) is 9.48 Å². The maximum atomic E-state index is 11.0. The van der Waals surface area contributed by atoms with Crippen LogP contribution >= 0.6 is 0 Å². The molecule has 0 aliphatic heterocycles. The average molecular weight is 227 g/mol. The van der Waals surface area contributed by atoms with Crippen LogP contribution in [0.15, 0.2) is 30.9 Å². The van der Waals surface area contributed by atoms with Crippen LogP contribution in [-0.2, 0) is 7.05 Å². The Bertz CT molecular complexity index is 697. The largest absolute Gasteiger partial charge is 0.296 e. The number of nitrogens with zero attached hydrogens (tertiary/aromatic N) is 5. The Balaban J connectivity index is 2.33. The van der Waals surface area contributed by atoms with E-state index in [0.29, 0.717) is 17.0 Å². The number of aromatic nitrogens is 5. The first-order valence-electron chi connectivity index (χ1n) is 5.07. The Hall–Kier alpha value is -2.50. The van der Waals surface area contributed by atoms with Gasteiger partial charge in [-0.05, 0) is 12.1 Å². The van der Waals surface area contributed by atoms with E-state index in [9.17, 15) is 4.79 Å². The normalized spacial score (nSPS) is 10.9. The minimum Gasteiger partial charge on any atom is -0.296 e. The Morgan fingerprint density at radius 1 is 1.41 bits per heavy atom. The van der Waals surface area contributed by atoms with E-state index in [1.165, 1.54) is 6.33 Å². The van der Waals surface area contributed by atoms with Gasteiger partial charge in [-0.2, -0.15) is 10.2 Å². The highest BCUT2D eigenvalue weighted by atomic mass is 16.1. The molecule has 0 saturated heterocycles. The molecule has 6 heteroatoms. The molecule has 3 aromatic heterocycles. The quantitative estimate of drug-likeness (QED) is 0.611. The van der Waals surface area contributed by atoms with E-state index in [-0.39, 0.29) is 0 Å². The molecule has 0 fully saturated rings. The molecule has 0 amide bonds. The summed E-state index contributed by atoms with van der Waals surface area (Å²) in [5.74, 6) is 0. The third-order valence-corrected chi connectivity index (χ3v) is 2.56. The van der Waals surface area contributed by atoms with Gasteiger partial charge in [0.05, 0.1) is 11.1 Å². The van der Waals surface area contributed by atoms with E-state index in [2.05, 4.69) is 15.2 Å². The number of fused-ring (bicyclic) bond motifs is 1. The van der Waals surface area contributed by atoms with Crippen LogP contribution < -0.4 is 0 Å². The van der Waals surface area contributed by atoms with Crippen LogP contribution in [0.2, 0.25) is 0 Å². The molecule has 84 valence electrons. The van der Waals surface area contributed by atoms with Gasteiger partial charge in [-0.25, -0.2) is 9.50 Å². The fourth-order valence-electron chi connectivity index (χ4n) is 1.85. The molecule has 0 radical (unpaired) electrons. The fraction of sp³-hybridized carbons (Fsp3) is 0.0909. The van der Waals surface area contributed by atoms with E-state index in [0.717, 1.165) is 11.8 Å². The minimum absolute atomic E-state index is 0.384. The third kappa shape index (κ3) is 1.42. The second-order valence-corrected chi connectivity index (χ2v) is 3.67. The first-order valence-corrected chi connectivity index (χ1v) is 5.07. The molecule has 3 rings (SSSR count).